The molecule has 4 nitrogen and oxygen atoms in total. The molecule has 2 fully saturated rings. The van der Waals surface area contributed by atoms with Crippen LogP contribution >= 0.6 is 15.9 Å². The predicted molar refractivity (Wildman–Crippen MR) is 109 cm³/mol. The molecule has 27 heavy (non-hydrogen) atoms. The van der Waals surface area contributed by atoms with E-state index in [4.69, 9.17) is 0 Å². The summed E-state index contributed by atoms with van der Waals surface area (Å²) in [5.41, 5.74) is 1.79. The highest BCUT2D eigenvalue weighted by atomic mass is 79.9. The van der Waals surface area contributed by atoms with Crippen LogP contribution in [0.2, 0.25) is 0 Å². The SMILES string of the molecule is C=CC1C2C(=O)N(c3ccccc3)C(=O)C2C(C)N1Cc1cccc(Br)c1. The van der Waals surface area contributed by atoms with Crippen LogP contribution in [-0.2, 0) is 16.1 Å². The largest absolute Gasteiger partial charge is 0.288 e. The number of likely N-dealkylation sites (tertiary alicyclic amines) is 1. The number of anilines is 1. The Kier molecular flexibility index (Phi) is 4.74. The van der Waals surface area contributed by atoms with E-state index in [9.17, 15) is 9.59 Å². The summed E-state index contributed by atoms with van der Waals surface area (Å²) in [5, 5.41) is 0. The van der Waals surface area contributed by atoms with Crippen LogP contribution in [0.25, 0.3) is 0 Å². The number of amides is 2. The van der Waals surface area contributed by atoms with Crippen LogP contribution < -0.4 is 4.90 Å². The molecule has 0 radical (unpaired) electrons. The molecule has 0 aliphatic carbocycles. The topological polar surface area (TPSA) is 40.6 Å². The fourth-order valence-electron chi connectivity index (χ4n) is 4.47. The number of hydrogen-bond donors (Lipinski definition) is 0. The molecule has 2 aliphatic rings. The Labute approximate surface area is 167 Å². The molecule has 5 heteroatoms. The van der Waals surface area contributed by atoms with Crippen LogP contribution in [-0.4, -0.2) is 28.8 Å². The number of rotatable bonds is 4. The zero-order chi connectivity index (χ0) is 19.1. The van der Waals surface area contributed by atoms with Crippen molar-refractivity contribution in [3.63, 3.8) is 0 Å². The smallest absolute Gasteiger partial charge is 0.239 e. The van der Waals surface area contributed by atoms with E-state index >= 15 is 0 Å². The van der Waals surface area contributed by atoms with Crippen molar-refractivity contribution in [2.24, 2.45) is 11.8 Å². The first-order valence-corrected chi connectivity index (χ1v) is 9.88. The molecule has 4 unspecified atom stereocenters. The average molecular weight is 425 g/mol. The van der Waals surface area contributed by atoms with E-state index in [0.29, 0.717) is 12.2 Å². The maximum atomic E-state index is 13.2. The van der Waals surface area contributed by atoms with Gasteiger partial charge in [0, 0.05) is 23.1 Å². The van der Waals surface area contributed by atoms with Gasteiger partial charge in [-0.2, -0.15) is 0 Å². The summed E-state index contributed by atoms with van der Waals surface area (Å²) in [6.07, 6.45) is 1.82. The lowest BCUT2D eigenvalue weighted by Gasteiger charge is -2.30. The van der Waals surface area contributed by atoms with Crippen LogP contribution in [0.1, 0.15) is 12.5 Å². The van der Waals surface area contributed by atoms with Crippen LogP contribution in [0.4, 0.5) is 5.69 Å². The van der Waals surface area contributed by atoms with Gasteiger partial charge in [0.15, 0.2) is 0 Å². The Hall–Kier alpha value is -2.24. The quantitative estimate of drug-likeness (QED) is 0.549. The number of para-hydroxylation sites is 1. The fourth-order valence-corrected chi connectivity index (χ4v) is 4.92. The highest BCUT2D eigenvalue weighted by Crippen LogP contribution is 2.44. The van der Waals surface area contributed by atoms with E-state index in [-0.39, 0.29) is 35.7 Å². The van der Waals surface area contributed by atoms with Gasteiger partial charge in [0.25, 0.3) is 0 Å². The second kappa shape index (κ2) is 7.06. The van der Waals surface area contributed by atoms with E-state index in [2.05, 4.69) is 39.5 Å². The van der Waals surface area contributed by atoms with Crippen molar-refractivity contribution in [1.82, 2.24) is 4.90 Å². The summed E-state index contributed by atoms with van der Waals surface area (Å²) in [7, 11) is 0. The number of benzene rings is 2. The molecule has 0 N–H and O–H groups in total. The Morgan fingerprint density at radius 3 is 2.41 bits per heavy atom. The third-order valence-corrected chi connectivity index (χ3v) is 6.20. The lowest BCUT2D eigenvalue weighted by atomic mass is 9.90. The van der Waals surface area contributed by atoms with Crippen LogP contribution in [0.3, 0.4) is 0 Å². The molecule has 0 spiro atoms. The lowest BCUT2D eigenvalue weighted by Crippen LogP contribution is -2.42. The normalized spacial score (nSPS) is 27.9. The highest BCUT2D eigenvalue weighted by Gasteiger charge is 2.60. The zero-order valence-corrected chi connectivity index (χ0v) is 16.7. The minimum Gasteiger partial charge on any atom is -0.288 e. The first-order chi connectivity index (χ1) is 13.0. The van der Waals surface area contributed by atoms with Crippen LogP contribution in [0, 0.1) is 11.8 Å². The molecule has 2 heterocycles. The number of carbonyl (C=O) groups is 2. The Bertz CT molecular complexity index is 898. The van der Waals surface area contributed by atoms with Crippen molar-refractivity contribution < 1.29 is 9.59 Å². The number of nitrogens with zero attached hydrogens (tertiary/aromatic N) is 2. The molecule has 2 aromatic rings. The molecule has 138 valence electrons. The number of carbonyl (C=O) groups excluding carboxylic acids is 2. The molecule has 0 saturated carbocycles. The van der Waals surface area contributed by atoms with Crippen molar-refractivity contribution in [3.05, 3.63) is 77.3 Å². The van der Waals surface area contributed by atoms with Crippen molar-refractivity contribution in [2.75, 3.05) is 4.90 Å². The molecule has 4 rings (SSSR count). The molecular weight excluding hydrogens is 404 g/mol. The van der Waals surface area contributed by atoms with Gasteiger partial charge in [-0.05, 0) is 36.8 Å². The number of hydrogen-bond acceptors (Lipinski definition) is 3. The van der Waals surface area contributed by atoms with Crippen molar-refractivity contribution >= 4 is 33.4 Å². The van der Waals surface area contributed by atoms with E-state index in [1.54, 1.807) is 0 Å². The minimum atomic E-state index is -0.377. The maximum Gasteiger partial charge on any atom is 0.239 e. The molecule has 2 amide bonds. The number of halogens is 1. The molecule has 2 saturated heterocycles. The molecule has 0 aromatic heterocycles. The van der Waals surface area contributed by atoms with E-state index in [1.807, 2.05) is 55.5 Å². The first-order valence-electron chi connectivity index (χ1n) is 9.08. The summed E-state index contributed by atoms with van der Waals surface area (Å²) in [5.74, 6) is -0.942. The van der Waals surface area contributed by atoms with Gasteiger partial charge in [-0.1, -0.05) is 52.3 Å². The van der Waals surface area contributed by atoms with Crippen molar-refractivity contribution in [1.29, 1.82) is 0 Å². The average Bonchev–Trinajstić information content (AvgIpc) is 3.08. The van der Waals surface area contributed by atoms with Crippen molar-refractivity contribution in [2.45, 2.75) is 25.6 Å². The second-order valence-electron chi connectivity index (χ2n) is 7.17. The van der Waals surface area contributed by atoms with Gasteiger partial charge < -0.3 is 0 Å². The fraction of sp³-hybridized carbons (Fsp3) is 0.273. The predicted octanol–water partition coefficient (Wildman–Crippen LogP) is 4.01. The van der Waals surface area contributed by atoms with E-state index in [0.717, 1.165) is 10.0 Å². The van der Waals surface area contributed by atoms with Gasteiger partial charge in [-0.3, -0.25) is 14.5 Å². The van der Waals surface area contributed by atoms with Crippen molar-refractivity contribution in [3.8, 4) is 0 Å². The van der Waals surface area contributed by atoms with Gasteiger partial charge in [-0.25, -0.2) is 4.90 Å². The highest BCUT2D eigenvalue weighted by molar-refractivity contribution is 9.10. The van der Waals surface area contributed by atoms with E-state index < -0.39 is 0 Å². The van der Waals surface area contributed by atoms with Crippen LogP contribution in [0.5, 0.6) is 0 Å². The lowest BCUT2D eigenvalue weighted by molar-refractivity contribution is -0.123. The standard InChI is InChI=1S/C22H21BrN2O2/c1-3-18-20-19(14(2)24(18)13-15-8-7-9-16(23)12-15)21(26)25(22(20)27)17-10-5-4-6-11-17/h3-12,14,18-20H,1,13H2,2H3. The second-order valence-corrected chi connectivity index (χ2v) is 8.08. The molecule has 2 aromatic carbocycles. The van der Waals surface area contributed by atoms with Gasteiger partial charge in [0.05, 0.1) is 17.5 Å². The Morgan fingerprint density at radius 2 is 1.74 bits per heavy atom. The number of fused-ring (bicyclic) bond motifs is 1. The first kappa shape index (κ1) is 18.1. The maximum absolute atomic E-state index is 13.2. The molecular formula is C22H21BrN2O2. The third kappa shape index (κ3) is 2.95. The summed E-state index contributed by atoms with van der Waals surface area (Å²) in [6, 6.07) is 17.1. The van der Waals surface area contributed by atoms with Gasteiger partial charge >= 0.3 is 0 Å². The van der Waals surface area contributed by atoms with Gasteiger partial charge in [0.2, 0.25) is 11.8 Å². The van der Waals surface area contributed by atoms with Gasteiger partial charge in [-0.15, -0.1) is 6.58 Å². The third-order valence-electron chi connectivity index (χ3n) is 5.70. The summed E-state index contributed by atoms with van der Waals surface area (Å²) >= 11 is 3.51. The minimum absolute atomic E-state index is 0.0397. The summed E-state index contributed by atoms with van der Waals surface area (Å²) in [6.45, 7) is 6.69. The van der Waals surface area contributed by atoms with Gasteiger partial charge in [0.1, 0.15) is 0 Å². The summed E-state index contributed by atoms with van der Waals surface area (Å²) in [4.78, 5) is 29.9. The Balaban J connectivity index is 1.66. The number of imide groups is 1. The molecule has 0 bridgehead atoms. The molecule has 4 atom stereocenters. The molecule has 2 aliphatic heterocycles. The van der Waals surface area contributed by atoms with Crippen LogP contribution in [0.15, 0.2) is 71.7 Å². The zero-order valence-electron chi connectivity index (χ0n) is 15.1. The Morgan fingerprint density at radius 1 is 1.04 bits per heavy atom. The summed E-state index contributed by atoms with van der Waals surface area (Å²) < 4.78 is 1.02. The monoisotopic (exact) mass is 424 g/mol. The van der Waals surface area contributed by atoms with E-state index in [1.165, 1.54) is 4.90 Å².